The number of aromatic nitrogens is 2. The Labute approximate surface area is 172 Å². The van der Waals surface area contributed by atoms with Crippen molar-refractivity contribution in [1.29, 1.82) is 0 Å². The van der Waals surface area contributed by atoms with Gasteiger partial charge in [-0.2, -0.15) is 4.98 Å². The van der Waals surface area contributed by atoms with Crippen LogP contribution in [0.4, 0.5) is 0 Å². The van der Waals surface area contributed by atoms with Crippen LogP contribution in [-0.4, -0.2) is 49.5 Å². The lowest BCUT2D eigenvalue weighted by atomic mass is 9.96. The molecular formula is C22H31N3O4. The maximum absolute atomic E-state index is 5.61. The highest BCUT2D eigenvalue weighted by atomic mass is 16.5. The maximum Gasteiger partial charge on any atom is 0.243 e. The zero-order valence-corrected chi connectivity index (χ0v) is 18.4. The van der Waals surface area contributed by atoms with Crippen molar-refractivity contribution in [3.63, 3.8) is 0 Å². The minimum atomic E-state index is -0.127. The molecule has 0 bridgehead atoms. The molecule has 1 aliphatic heterocycles. The van der Waals surface area contributed by atoms with E-state index in [0.717, 1.165) is 42.4 Å². The Morgan fingerprint density at radius 1 is 1.07 bits per heavy atom. The van der Waals surface area contributed by atoms with Crippen molar-refractivity contribution in [2.75, 3.05) is 34.4 Å². The molecule has 0 N–H and O–H groups in total. The van der Waals surface area contributed by atoms with Gasteiger partial charge in [-0.25, -0.2) is 0 Å². The molecule has 2 heterocycles. The second-order valence-electron chi connectivity index (χ2n) is 8.26. The fraction of sp³-hybridized carbons (Fsp3) is 0.545. The molecule has 0 aliphatic carbocycles. The molecule has 1 aromatic heterocycles. The second-order valence-corrected chi connectivity index (χ2v) is 8.26. The van der Waals surface area contributed by atoms with Crippen LogP contribution in [0.5, 0.6) is 17.2 Å². The summed E-state index contributed by atoms with van der Waals surface area (Å²) < 4.78 is 22.1. The molecule has 0 unspecified atom stereocenters. The summed E-state index contributed by atoms with van der Waals surface area (Å²) in [6.07, 6.45) is 3.08. The first-order valence-electron chi connectivity index (χ1n) is 9.86. The molecule has 2 aromatic rings. The first-order chi connectivity index (χ1) is 13.8. The Kier molecular flexibility index (Phi) is 6.17. The normalized spacial score (nSPS) is 16.3. The Bertz CT molecular complexity index is 857. The van der Waals surface area contributed by atoms with Crippen LogP contribution in [0.25, 0.3) is 5.57 Å². The van der Waals surface area contributed by atoms with Gasteiger partial charge in [-0.05, 0) is 18.9 Å². The van der Waals surface area contributed by atoms with Crippen LogP contribution >= 0.6 is 0 Å². The fourth-order valence-corrected chi connectivity index (χ4v) is 3.45. The predicted molar refractivity (Wildman–Crippen MR) is 112 cm³/mol. The van der Waals surface area contributed by atoms with Crippen molar-refractivity contribution in [3.05, 3.63) is 35.5 Å². The molecule has 3 rings (SSSR count). The maximum atomic E-state index is 5.61. The van der Waals surface area contributed by atoms with E-state index in [-0.39, 0.29) is 11.5 Å². The Morgan fingerprint density at radius 2 is 1.72 bits per heavy atom. The van der Waals surface area contributed by atoms with E-state index >= 15 is 0 Å². The number of ether oxygens (including phenoxy) is 3. The smallest absolute Gasteiger partial charge is 0.243 e. The van der Waals surface area contributed by atoms with Gasteiger partial charge in [0.15, 0.2) is 5.82 Å². The molecule has 0 amide bonds. The standard InChI is InChI=1S/C22H31N3O4/c1-14(20-23-21(24-29-20)22(2,3)4)25-10-8-15(9-11-25)19-17(27-6)12-16(26-5)13-18(19)28-7/h8,12-14H,9-11H2,1-7H3/t14-/m0/s1. The van der Waals surface area contributed by atoms with E-state index in [1.165, 1.54) is 5.57 Å². The van der Waals surface area contributed by atoms with Crippen molar-refractivity contribution in [3.8, 4) is 17.2 Å². The number of rotatable bonds is 6. The zero-order valence-electron chi connectivity index (χ0n) is 18.4. The Morgan fingerprint density at radius 3 is 2.17 bits per heavy atom. The summed E-state index contributed by atoms with van der Waals surface area (Å²) >= 11 is 0. The monoisotopic (exact) mass is 401 g/mol. The summed E-state index contributed by atoms with van der Waals surface area (Å²) in [6, 6.07) is 3.83. The number of hydrogen-bond donors (Lipinski definition) is 0. The van der Waals surface area contributed by atoms with Crippen LogP contribution in [0.2, 0.25) is 0 Å². The van der Waals surface area contributed by atoms with E-state index in [1.807, 2.05) is 12.1 Å². The highest BCUT2D eigenvalue weighted by molar-refractivity contribution is 5.77. The lowest BCUT2D eigenvalue weighted by Gasteiger charge is -2.30. The van der Waals surface area contributed by atoms with Crippen LogP contribution in [-0.2, 0) is 5.41 Å². The molecule has 0 spiro atoms. The van der Waals surface area contributed by atoms with Crippen molar-refractivity contribution in [1.82, 2.24) is 15.0 Å². The van der Waals surface area contributed by atoms with Crippen LogP contribution in [0.1, 0.15) is 57.4 Å². The summed E-state index contributed by atoms with van der Waals surface area (Å²) in [7, 11) is 4.96. The van der Waals surface area contributed by atoms with E-state index in [2.05, 4.69) is 48.8 Å². The largest absolute Gasteiger partial charge is 0.496 e. The molecule has 0 saturated carbocycles. The zero-order chi connectivity index (χ0) is 21.2. The molecule has 1 aromatic carbocycles. The SMILES string of the molecule is COc1cc(OC)c(C2=CCN([C@@H](C)c3nc(C(C)(C)C)no3)CC2)c(OC)c1. The number of hydrogen-bond acceptors (Lipinski definition) is 7. The van der Waals surface area contributed by atoms with Gasteiger partial charge in [-0.15, -0.1) is 0 Å². The third kappa shape index (κ3) is 4.40. The number of benzene rings is 1. The summed E-state index contributed by atoms with van der Waals surface area (Å²) in [5.41, 5.74) is 2.05. The molecule has 7 heteroatoms. The molecule has 1 aliphatic rings. The van der Waals surface area contributed by atoms with Gasteiger partial charge in [0, 0.05) is 30.6 Å². The predicted octanol–water partition coefficient (Wildman–Crippen LogP) is 4.24. The Balaban J connectivity index is 1.81. The minimum Gasteiger partial charge on any atom is -0.496 e. The third-order valence-corrected chi connectivity index (χ3v) is 5.29. The molecule has 158 valence electrons. The molecule has 0 radical (unpaired) electrons. The first kappa shape index (κ1) is 21.2. The van der Waals surface area contributed by atoms with Gasteiger partial charge in [0.2, 0.25) is 5.89 Å². The minimum absolute atomic E-state index is 0.0519. The molecular weight excluding hydrogens is 370 g/mol. The average Bonchev–Trinajstić information content (AvgIpc) is 3.23. The van der Waals surface area contributed by atoms with Crippen molar-refractivity contribution in [2.45, 2.75) is 45.6 Å². The molecule has 1 atom stereocenters. The quantitative estimate of drug-likeness (QED) is 0.717. The number of nitrogens with zero attached hydrogens (tertiary/aromatic N) is 3. The summed E-state index contributed by atoms with van der Waals surface area (Å²) in [5.74, 6) is 3.60. The lowest BCUT2D eigenvalue weighted by molar-refractivity contribution is 0.189. The van der Waals surface area contributed by atoms with Crippen LogP contribution in [0, 0.1) is 0 Å². The highest BCUT2D eigenvalue weighted by Crippen LogP contribution is 2.41. The average molecular weight is 402 g/mol. The van der Waals surface area contributed by atoms with Gasteiger partial charge in [-0.3, -0.25) is 4.90 Å². The summed E-state index contributed by atoms with van der Waals surface area (Å²) in [6.45, 7) is 10.0. The van der Waals surface area contributed by atoms with Crippen molar-refractivity contribution in [2.24, 2.45) is 0 Å². The van der Waals surface area contributed by atoms with E-state index < -0.39 is 0 Å². The van der Waals surface area contributed by atoms with Crippen LogP contribution in [0.3, 0.4) is 0 Å². The van der Waals surface area contributed by atoms with Gasteiger partial charge in [0.25, 0.3) is 0 Å². The first-order valence-corrected chi connectivity index (χ1v) is 9.86. The van der Waals surface area contributed by atoms with E-state index in [1.54, 1.807) is 21.3 Å². The van der Waals surface area contributed by atoms with Gasteiger partial charge in [0.05, 0.1) is 32.9 Å². The molecule has 29 heavy (non-hydrogen) atoms. The second kappa shape index (κ2) is 8.45. The number of methoxy groups -OCH3 is 3. The lowest BCUT2D eigenvalue weighted by Crippen LogP contribution is -2.31. The molecule has 0 saturated heterocycles. The van der Waals surface area contributed by atoms with E-state index in [9.17, 15) is 0 Å². The van der Waals surface area contributed by atoms with Crippen molar-refractivity contribution < 1.29 is 18.7 Å². The van der Waals surface area contributed by atoms with Gasteiger partial charge < -0.3 is 18.7 Å². The van der Waals surface area contributed by atoms with E-state index in [4.69, 9.17) is 18.7 Å². The highest BCUT2D eigenvalue weighted by Gasteiger charge is 2.28. The van der Waals surface area contributed by atoms with Gasteiger partial charge in [-0.1, -0.05) is 32.0 Å². The van der Waals surface area contributed by atoms with Crippen LogP contribution in [0.15, 0.2) is 22.7 Å². The van der Waals surface area contributed by atoms with Crippen LogP contribution < -0.4 is 14.2 Å². The molecule has 7 nitrogen and oxygen atoms in total. The summed E-state index contributed by atoms with van der Waals surface area (Å²) in [5, 5.41) is 4.15. The van der Waals surface area contributed by atoms with Gasteiger partial charge in [0.1, 0.15) is 17.2 Å². The fourth-order valence-electron chi connectivity index (χ4n) is 3.45. The Hall–Kier alpha value is -2.54. The van der Waals surface area contributed by atoms with Gasteiger partial charge >= 0.3 is 0 Å². The van der Waals surface area contributed by atoms with Crippen molar-refractivity contribution >= 4 is 5.57 Å². The van der Waals surface area contributed by atoms with E-state index in [0.29, 0.717) is 11.6 Å². The topological polar surface area (TPSA) is 69.9 Å². The molecule has 0 fully saturated rings. The summed E-state index contributed by atoms with van der Waals surface area (Å²) in [4.78, 5) is 6.94. The third-order valence-electron chi connectivity index (χ3n) is 5.29.